The smallest absolute Gasteiger partial charge is 0.329 e. The molecule has 2 aromatic rings. The van der Waals surface area contributed by atoms with E-state index in [1.165, 1.54) is 19.3 Å². The third kappa shape index (κ3) is 3.15. The van der Waals surface area contributed by atoms with Gasteiger partial charge in [-0.05, 0) is 18.8 Å². The van der Waals surface area contributed by atoms with Crippen LogP contribution in [0.2, 0.25) is 0 Å². The largest absolute Gasteiger partial charge is 0.329 e. The average molecular weight is 334 g/mol. The first kappa shape index (κ1) is 16.1. The van der Waals surface area contributed by atoms with Crippen LogP contribution >= 0.6 is 12.2 Å². The lowest BCUT2D eigenvalue weighted by Gasteiger charge is -2.21. The Morgan fingerprint density at radius 3 is 2.57 bits per heavy atom. The molecule has 23 heavy (non-hydrogen) atoms. The van der Waals surface area contributed by atoms with Gasteiger partial charge < -0.3 is 4.98 Å². The number of H-pyrrole nitrogens is 2. The first-order valence-corrected chi connectivity index (χ1v) is 8.65. The highest BCUT2D eigenvalue weighted by atomic mass is 32.1. The number of aromatic nitrogens is 4. The van der Waals surface area contributed by atoms with Crippen LogP contribution in [0.5, 0.6) is 0 Å². The first-order chi connectivity index (χ1) is 11.0. The molecule has 0 aliphatic heterocycles. The molecule has 0 atom stereocenters. The van der Waals surface area contributed by atoms with Crippen molar-refractivity contribution in [3.05, 3.63) is 31.3 Å². The number of nitrogens with one attached hydrogen (secondary N) is 2. The maximum Gasteiger partial charge on any atom is 0.329 e. The summed E-state index contributed by atoms with van der Waals surface area (Å²) in [6.07, 6.45) is 5.75. The van der Waals surface area contributed by atoms with Crippen LogP contribution in [0.15, 0.2) is 9.59 Å². The van der Waals surface area contributed by atoms with E-state index in [-0.39, 0.29) is 10.6 Å². The van der Waals surface area contributed by atoms with Crippen LogP contribution in [0.3, 0.4) is 0 Å². The highest BCUT2D eigenvalue weighted by Gasteiger charge is 2.20. The van der Waals surface area contributed by atoms with Crippen molar-refractivity contribution in [2.24, 2.45) is 5.92 Å². The molecule has 0 spiro atoms. The van der Waals surface area contributed by atoms with E-state index in [0.717, 1.165) is 18.7 Å². The Morgan fingerprint density at radius 1 is 1.22 bits per heavy atom. The zero-order valence-corrected chi connectivity index (χ0v) is 14.3. The Kier molecular flexibility index (Phi) is 4.48. The molecule has 2 heterocycles. The van der Waals surface area contributed by atoms with Gasteiger partial charge in [-0.15, -0.1) is 0 Å². The SMILES string of the molecule is CC(C)Cn1c(=O)[nH]c(=O)c2c(=S)nc(C3CCCCC3)[nH]c21. The van der Waals surface area contributed by atoms with E-state index < -0.39 is 11.2 Å². The molecule has 1 fully saturated rings. The molecular weight excluding hydrogens is 312 g/mol. The molecule has 3 rings (SSSR count). The van der Waals surface area contributed by atoms with E-state index >= 15 is 0 Å². The lowest BCUT2D eigenvalue weighted by atomic mass is 9.89. The van der Waals surface area contributed by atoms with Crippen LogP contribution in [0, 0.1) is 10.6 Å². The highest BCUT2D eigenvalue weighted by molar-refractivity contribution is 7.71. The molecule has 6 nitrogen and oxygen atoms in total. The summed E-state index contributed by atoms with van der Waals surface area (Å²) in [5.74, 6) is 1.41. The van der Waals surface area contributed by atoms with Gasteiger partial charge in [-0.3, -0.25) is 14.3 Å². The predicted molar refractivity (Wildman–Crippen MR) is 92.5 cm³/mol. The van der Waals surface area contributed by atoms with Crippen molar-refractivity contribution in [2.75, 3.05) is 0 Å². The Morgan fingerprint density at radius 2 is 1.91 bits per heavy atom. The molecule has 0 aromatic carbocycles. The van der Waals surface area contributed by atoms with E-state index in [2.05, 4.69) is 15.0 Å². The van der Waals surface area contributed by atoms with Crippen LogP contribution in [0.25, 0.3) is 11.0 Å². The lowest BCUT2D eigenvalue weighted by Crippen LogP contribution is -2.33. The molecule has 2 N–H and O–H groups in total. The summed E-state index contributed by atoms with van der Waals surface area (Å²) in [6, 6.07) is 0. The van der Waals surface area contributed by atoms with Gasteiger partial charge in [0.1, 0.15) is 21.5 Å². The zero-order valence-electron chi connectivity index (χ0n) is 13.5. The van der Waals surface area contributed by atoms with Gasteiger partial charge in [0.25, 0.3) is 5.56 Å². The fourth-order valence-corrected chi connectivity index (χ4v) is 3.61. The van der Waals surface area contributed by atoms with Gasteiger partial charge in [-0.25, -0.2) is 9.78 Å². The summed E-state index contributed by atoms with van der Waals surface area (Å²) >= 11 is 5.35. The third-order valence-corrected chi connectivity index (χ3v) is 4.72. The molecular formula is C16H22N4O2S. The molecule has 1 aliphatic carbocycles. The molecule has 0 bridgehead atoms. The van der Waals surface area contributed by atoms with Gasteiger partial charge in [-0.2, -0.15) is 0 Å². The lowest BCUT2D eigenvalue weighted by molar-refractivity contribution is 0.428. The Hall–Kier alpha value is -1.76. The second kappa shape index (κ2) is 6.39. The van der Waals surface area contributed by atoms with Crippen molar-refractivity contribution in [3.8, 4) is 0 Å². The molecule has 7 heteroatoms. The van der Waals surface area contributed by atoms with Gasteiger partial charge in [0.05, 0.1) is 0 Å². The third-order valence-electron chi connectivity index (χ3n) is 4.42. The standard InChI is InChI=1S/C16H22N4O2S/c1-9(2)8-20-13-11(14(21)19-16(20)22)15(23)18-12(17-13)10-6-4-3-5-7-10/h9-10H,3-8H2,1-2H3,(H,17,18,23)(H,19,21,22). The highest BCUT2D eigenvalue weighted by Crippen LogP contribution is 2.31. The van der Waals surface area contributed by atoms with Crippen molar-refractivity contribution < 1.29 is 0 Å². The van der Waals surface area contributed by atoms with Crippen molar-refractivity contribution in [3.63, 3.8) is 0 Å². The summed E-state index contributed by atoms with van der Waals surface area (Å²) in [6.45, 7) is 4.58. The van der Waals surface area contributed by atoms with E-state index in [0.29, 0.717) is 23.5 Å². The van der Waals surface area contributed by atoms with E-state index in [1.807, 2.05) is 13.8 Å². The first-order valence-electron chi connectivity index (χ1n) is 8.24. The summed E-state index contributed by atoms with van der Waals surface area (Å²) in [5.41, 5.74) is -0.357. The number of rotatable bonds is 3. The van der Waals surface area contributed by atoms with E-state index in [9.17, 15) is 9.59 Å². The minimum Gasteiger partial charge on any atom is -0.329 e. The van der Waals surface area contributed by atoms with Crippen molar-refractivity contribution in [1.29, 1.82) is 0 Å². The molecule has 124 valence electrons. The zero-order chi connectivity index (χ0) is 16.6. The monoisotopic (exact) mass is 334 g/mol. The molecule has 0 amide bonds. The second-order valence-electron chi connectivity index (χ2n) is 6.75. The fourth-order valence-electron chi connectivity index (χ4n) is 3.32. The molecule has 0 radical (unpaired) electrons. The molecule has 1 aliphatic rings. The average Bonchev–Trinajstić information content (AvgIpc) is 2.51. The number of aromatic amines is 2. The van der Waals surface area contributed by atoms with E-state index in [1.54, 1.807) is 4.57 Å². The Labute approximate surface area is 139 Å². The van der Waals surface area contributed by atoms with Gasteiger partial charge in [0.2, 0.25) is 0 Å². The summed E-state index contributed by atoms with van der Waals surface area (Å²) in [5, 5.41) is 0.305. The Balaban J connectivity index is 2.26. The number of hydrogen-bond donors (Lipinski definition) is 2. The minimum atomic E-state index is -0.464. The summed E-state index contributed by atoms with van der Waals surface area (Å²) < 4.78 is 1.85. The maximum atomic E-state index is 12.2. The van der Waals surface area contributed by atoms with Gasteiger partial charge in [0.15, 0.2) is 0 Å². The number of nitrogens with zero attached hydrogens (tertiary/aromatic N) is 2. The summed E-state index contributed by atoms with van der Waals surface area (Å²) in [7, 11) is 0. The van der Waals surface area contributed by atoms with Crippen molar-refractivity contribution in [1.82, 2.24) is 19.5 Å². The van der Waals surface area contributed by atoms with Crippen molar-refractivity contribution in [2.45, 2.75) is 58.4 Å². The quantitative estimate of drug-likeness (QED) is 0.846. The second-order valence-corrected chi connectivity index (χ2v) is 7.14. The molecule has 0 unspecified atom stereocenters. The number of hydrogen-bond acceptors (Lipinski definition) is 4. The van der Waals surface area contributed by atoms with Gasteiger partial charge in [-0.1, -0.05) is 45.3 Å². The Bertz CT molecular complexity index is 888. The van der Waals surface area contributed by atoms with Crippen LogP contribution in [-0.2, 0) is 6.54 Å². The fraction of sp³-hybridized carbons (Fsp3) is 0.625. The minimum absolute atomic E-state index is 0.273. The van der Waals surface area contributed by atoms with Gasteiger partial charge >= 0.3 is 5.69 Å². The molecule has 1 saturated carbocycles. The van der Waals surface area contributed by atoms with Crippen LogP contribution < -0.4 is 11.2 Å². The van der Waals surface area contributed by atoms with Crippen LogP contribution in [0.1, 0.15) is 57.7 Å². The van der Waals surface area contributed by atoms with Gasteiger partial charge in [0, 0.05) is 12.5 Å². The topological polar surface area (TPSA) is 83.5 Å². The van der Waals surface area contributed by atoms with E-state index in [4.69, 9.17) is 12.2 Å². The molecule has 0 saturated heterocycles. The van der Waals surface area contributed by atoms with Crippen LogP contribution in [-0.4, -0.2) is 19.5 Å². The van der Waals surface area contributed by atoms with Crippen molar-refractivity contribution >= 4 is 23.3 Å². The maximum absolute atomic E-state index is 12.2. The summed E-state index contributed by atoms with van der Waals surface area (Å²) in [4.78, 5) is 34.4. The predicted octanol–water partition coefficient (Wildman–Crippen LogP) is 2.85. The number of fused-ring (bicyclic) bond motifs is 1. The normalized spacial score (nSPS) is 16.3. The molecule has 2 aromatic heterocycles. The van der Waals surface area contributed by atoms with Crippen LogP contribution in [0.4, 0.5) is 0 Å².